The molecule has 1 aromatic carbocycles. The maximum absolute atomic E-state index is 10.6. The van der Waals surface area contributed by atoms with Crippen molar-refractivity contribution in [3.63, 3.8) is 0 Å². The van der Waals surface area contributed by atoms with Crippen molar-refractivity contribution in [2.45, 2.75) is 25.9 Å². The van der Waals surface area contributed by atoms with Crippen molar-refractivity contribution in [2.24, 2.45) is 7.05 Å². The van der Waals surface area contributed by atoms with E-state index in [-0.39, 0.29) is 5.75 Å². The highest BCUT2D eigenvalue weighted by Gasteiger charge is 2.16. The van der Waals surface area contributed by atoms with Crippen LogP contribution in [0, 0.1) is 20.8 Å². The van der Waals surface area contributed by atoms with Crippen molar-refractivity contribution in [1.29, 1.82) is 0 Å². The molecule has 0 radical (unpaired) electrons. The number of hydrogen-bond acceptors (Lipinski definition) is 4. The molecule has 0 aliphatic rings. The zero-order valence-electron chi connectivity index (χ0n) is 12.0. The molecule has 1 heterocycles. The van der Waals surface area contributed by atoms with Gasteiger partial charge in [0.15, 0.2) is 11.0 Å². The molecular weight excluding hydrogens is 274 g/mol. The first-order valence-electron chi connectivity index (χ1n) is 6.22. The first-order valence-corrected chi connectivity index (χ1v) is 7.21. The molecule has 20 heavy (non-hydrogen) atoms. The molecule has 0 saturated heterocycles. The van der Waals surface area contributed by atoms with E-state index in [0.29, 0.717) is 5.16 Å². The van der Waals surface area contributed by atoms with Crippen LogP contribution in [0.1, 0.15) is 16.7 Å². The lowest BCUT2D eigenvalue weighted by Gasteiger charge is -2.10. The third-order valence-corrected chi connectivity index (χ3v) is 4.07. The molecule has 0 fully saturated rings. The molecule has 0 saturated carbocycles. The van der Waals surface area contributed by atoms with Gasteiger partial charge in [0, 0.05) is 12.6 Å². The summed E-state index contributed by atoms with van der Waals surface area (Å²) in [5.74, 6) is -0.104. The van der Waals surface area contributed by atoms with Crippen LogP contribution in [0.3, 0.4) is 0 Å². The molecule has 0 amide bonds. The smallest absolute Gasteiger partial charge is 0.313 e. The highest BCUT2D eigenvalue weighted by molar-refractivity contribution is 7.99. The summed E-state index contributed by atoms with van der Waals surface area (Å²) in [4.78, 5) is 10.6. The van der Waals surface area contributed by atoms with Crippen LogP contribution in [0.15, 0.2) is 17.3 Å². The third kappa shape index (κ3) is 2.85. The van der Waals surface area contributed by atoms with Crippen LogP contribution in [0.25, 0.3) is 11.4 Å². The van der Waals surface area contributed by atoms with Crippen LogP contribution in [-0.2, 0) is 11.8 Å². The number of rotatable bonds is 4. The zero-order valence-corrected chi connectivity index (χ0v) is 12.8. The largest absolute Gasteiger partial charge is 0.481 e. The second-order valence-corrected chi connectivity index (χ2v) is 5.76. The molecule has 106 valence electrons. The lowest BCUT2D eigenvalue weighted by Crippen LogP contribution is -2.02. The maximum Gasteiger partial charge on any atom is 0.313 e. The Hall–Kier alpha value is -1.82. The van der Waals surface area contributed by atoms with Gasteiger partial charge in [-0.15, -0.1) is 10.2 Å². The number of aryl methyl sites for hydroxylation is 3. The first kappa shape index (κ1) is 14.6. The Balaban J connectivity index is 2.42. The predicted octanol–water partition coefficient (Wildman–Crippen LogP) is 2.58. The molecule has 1 N–H and O–H groups in total. The van der Waals surface area contributed by atoms with Crippen molar-refractivity contribution < 1.29 is 9.90 Å². The van der Waals surface area contributed by atoms with Crippen molar-refractivity contribution in [2.75, 3.05) is 5.75 Å². The van der Waals surface area contributed by atoms with E-state index in [0.717, 1.165) is 22.5 Å². The van der Waals surface area contributed by atoms with Crippen molar-refractivity contribution in [1.82, 2.24) is 14.8 Å². The van der Waals surface area contributed by atoms with Crippen LogP contribution in [0.2, 0.25) is 0 Å². The number of benzene rings is 1. The Morgan fingerprint density at radius 3 is 2.40 bits per heavy atom. The molecule has 0 aliphatic heterocycles. The number of thioether (sulfide) groups is 1. The Morgan fingerprint density at radius 2 is 1.85 bits per heavy atom. The number of aromatic nitrogens is 3. The summed E-state index contributed by atoms with van der Waals surface area (Å²) in [6.45, 7) is 6.16. The molecule has 0 bridgehead atoms. The van der Waals surface area contributed by atoms with E-state index < -0.39 is 5.97 Å². The molecule has 2 rings (SSSR count). The molecule has 6 heteroatoms. The van der Waals surface area contributed by atoms with Crippen molar-refractivity contribution >= 4 is 17.7 Å². The fourth-order valence-corrected chi connectivity index (χ4v) is 2.95. The van der Waals surface area contributed by atoms with Crippen molar-refractivity contribution in [3.8, 4) is 11.4 Å². The topological polar surface area (TPSA) is 68.0 Å². The lowest BCUT2D eigenvalue weighted by molar-refractivity contribution is -0.133. The molecule has 1 aromatic heterocycles. The molecule has 5 nitrogen and oxygen atoms in total. The Kier molecular flexibility index (Phi) is 4.13. The van der Waals surface area contributed by atoms with E-state index >= 15 is 0 Å². The molecule has 0 unspecified atom stereocenters. The van der Waals surface area contributed by atoms with Gasteiger partial charge in [0.2, 0.25) is 0 Å². The standard InChI is InChI=1S/C14H17N3O2S/c1-8-5-9(2)12(10(3)6-8)13-15-16-14(17(13)4)20-7-11(18)19/h5-6H,7H2,1-4H3,(H,18,19). The van der Waals surface area contributed by atoms with E-state index in [4.69, 9.17) is 5.11 Å². The van der Waals surface area contributed by atoms with Gasteiger partial charge in [-0.3, -0.25) is 4.79 Å². The average molecular weight is 291 g/mol. The normalized spacial score (nSPS) is 10.8. The summed E-state index contributed by atoms with van der Waals surface area (Å²) in [5.41, 5.74) is 4.57. The van der Waals surface area contributed by atoms with E-state index in [9.17, 15) is 4.79 Å². The Morgan fingerprint density at radius 1 is 1.25 bits per heavy atom. The Labute approximate surface area is 122 Å². The van der Waals surface area contributed by atoms with Gasteiger partial charge in [0.05, 0.1) is 5.75 Å². The predicted molar refractivity (Wildman–Crippen MR) is 79.0 cm³/mol. The quantitative estimate of drug-likeness (QED) is 0.877. The summed E-state index contributed by atoms with van der Waals surface area (Å²) in [6.07, 6.45) is 0. The molecular formula is C14H17N3O2S. The summed E-state index contributed by atoms with van der Waals surface area (Å²) in [6, 6.07) is 4.22. The van der Waals surface area contributed by atoms with Gasteiger partial charge in [0.1, 0.15) is 0 Å². The van der Waals surface area contributed by atoms with Gasteiger partial charge in [-0.05, 0) is 31.9 Å². The fraction of sp³-hybridized carbons (Fsp3) is 0.357. The highest BCUT2D eigenvalue weighted by Crippen LogP contribution is 2.28. The van der Waals surface area contributed by atoms with Crippen LogP contribution in [0.5, 0.6) is 0 Å². The van der Waals surface area contributed by atoms with Crippen molar-refractivity contribution in [3.05, 3.63) is 28.8 Å². The SMILES string of the molecule is Cc1cc(C)c(-c2nnc(SCC(=O)O)n2C)c(C)c1. The van der Waals surface area contributed by atoms with Gasteiger partial charge in [-0.25, -0.2) is 0 Å². The van der Waals surface area contributed by atoms with E-state index in [1.807, 2.05) is 25.5 Å². The fourth-order valence-electron chi connectivity index (χ4n) is 2.32. The van der Waals surface area contributed by atoms with Gasteiger partial charge >= 0.3 is 5.97 Å². The first-order chi connectivity index (χ1) is 9.40. The minimum Gasteiger partial charge on any atom is -0.481 e. The second kappa shape index (κ2) is 5.66. The maximum atomic E-state index is 10.6. The number of nitrogens with zero attached hydrogens (tertiary/aromatic N) is 3. The van der Waals surface area contributed by atoms with Crippen LogP contribution in [0.4, 0.5) is 0 Å². The molecule has 0 spiro atoms. The number of carboxylic acid groups (broad SMARTS) is 1. The molecule has 0 aliphatic carbocycles. The number of aliphatic carboxylic acids is 1. The molecule has 0 atom stereocenters. The zero-order chi connectivity index (χ0) is 14.9. The van der Waals surface area contributed by atoms with Crippen LogP contribution < -0.4 is 0 Å². The summed E-state index contributed by atoms with van der Waals surface area (Å²) < 4.78 is 1.85. The number of carbonyl (C=O) groups is 1. The Bertz CT molecular complexity index is 641. The number of hydrogen-bond donors (Lipinski definition) is 1. The van der Waals surface area contributed by atoms with Crippen LogP contribution in [-0.4, -0.2) is 31.6 Å². The summed E-state index contributed by atoms with van der Waals surface area (Å²) >= 11 is 1.18. The average Bonchev–Trinajstić information content (AvgIpc) is 2.67. The van der Waals surface area contributed by atoms with Gasteiger partial charge < -0.3 is 9.67 Å². The third-order valence-electron chi connectivity index (χ3n) is 3.06. The van der Waals surface area contributed by atoms with E-state index in [1.54, 1.807) is 0 Å². The van der Waals surface area contributed by atoms with Gasteiger partial charge in [0.25, 0.3) is 0 Å². The summed E-state index contributed by atoms with van der Waals surface area (Å²) in [5, 5.41) is 17.6. The highest BCUT2D eigenvalue weighted by atomic mass is 32.2. The van der Waals surface area contributed by atoms with Gasteiger partial charge in [-0.2, -0.15) is 0 Å². The van der Waals surface area contributed by atoms with Crippen LogP contribution >= 0.6 is 11.8 Å². The van der Waals surface area contributed by atoms with E-state index in [2.05, 4.69) is 29.3 Å². The minimum absolute atomic E-state index is 0.0160. The minimum atomic E-state index is -0.859. The monoisotopic (exact) mass is 291 g/mol. The van der Waals surface area contributed by atoms with E-state index in [1.165, 1.54) is 17.3 Å². The van der Waals surface area contributed by atoms with Gasteiger partial charge in [-0.1, -0.05) is 29.5 Å². The number of carboxylic acids is 1. The summed E-state index contributed by atoms with van der Waals surface area (Å²) in [7, 11) is 1.86. The lowest BCUT2D eigenvalue weighted by atomic mass is 9.99. The molecule has 2 aromatic rings. The second-order valence-electron chi connectivity index (χ2n) is 4.82.